The molecule has 0 aliphatic heterocycles. The first-order valence-corrected chi connectivity index (χ1v) is 9.19. The monoisotopic (exact) mass is 394 g/mol. The summed E-state index contributed by atoms with van der Waals surface area (Å²) in [6.07, 6.45) is 0.536. The van der Waals surface area contributed by atoms with Crippen LogP contribution in [-0.4, -0.2) is 35.9 Å². The van der Waals surface area contributed by atoms with Crippen LogP contribution in [0.1, 0.15) is 28.5 Å². The van der Waals surface area contributed by atoms with Crippen LogP contribution in [-0.2, 0) is 27.3 Å². The van der Waals surface area contributed by atoms with Crippen molar-refractivity contribution in [2.75, 3.05) is 13.7 Å². The molecule has 150 valence electrons. The van der Waals surface area contributed by atoms with Gasteiger partial charge in [-0.3, -0.25) is 9.59 Å². The zero-order chi connectivity index (χ0) is 21.0. The van der Waals surface area contributed by atoms with Gasteiger partial charge in [0.1, 0.15) is 5.75 Å². The molecule has 1 heterocycles. The van der Waals surface area contributed by atoms with Crippen LogP contribution in [0, 0.1) is 0 Å². The number of hydrogen-bond acceptors (Lipinski definition) is 5. The number of fused-ring (bicyclic) bond motifs is 1. The zero-order valence-electron chi connectivity index (χ0n) is 16.3. The summed E-state index contributed by atoms with van der Waals surface area (Å²) < 4.78 is 12.1. The van der Waals surface area contributed by atoms with Gasteiger partial charge in [0.2, 0.25) is 0 Å². The second-order valence-electron chi connectivity index (χ2n) is 6.48. The largest absolute Gasteiger partial charge is 0.482 e. The van der Waals surface area contributed by atoms with Gasteiger partial charge in [-0.25, -0.2) is 4.79 Å². The maximum absolute atomic E-state index is 12.6. The summed E-state index contributed by atoms with van der Waals surface area (Å²) in [5.41, 5.74) is 8.09. The fourth-order valence-corrected chi connectivity index (χ4v) is 3.36. The van der Waals surface area contributed by atoms with Gasteiger partial charge in [-0.2, -0.15) is 0 Å². The number of ether oxygens (including phenoxy) is 2. The third-order valence-electron chi connectivity index (χ3n) is 4.70. The average Bonchev–Trinajstić information content (AvgIpc) is 3.04. The second kappa shape index (κ2) is 8.60. The lowest BCUT2D eigenvalue weighted by atomic mass is 10.0. The first-order chi connectivity index (χ1) is 14.0. The Balaban J connectivity index is 2.16. The minimum Gasteiger partial charge on any atom is -0.482 e. The first-order valence-electron chi connectivity index (χ1n) is 9.19. The van der Waals surface area contributed by atoms with E-state index < -0.39 is 17.7 Å². The quantitative estimate of drug-likeness (QED) is 0.359. The van der Waals surface area contributed by atoms with Gasteiger partial charge >= 0.3 is 5.97 Å². The van der Waals surface area contributed by atoms with Crippen molar-refractivity contribution in [3.63, 3.8) is 0 Å². The molecule has 0 bridgehead atoms. The van der Waals surface area contributed by atoms with E-state index in [-0.39, 0.29) is 6.61 Å². The summed E-state index contributed by atoms with van der Waals surface area (Å²) in [6, 6.07) is 14.9. The topological polar surface area (TPSA) is 101 Å². The van der Waals surface area contributed by atoms with E-state index in [0.29, 0.717) is 29.7 Å². The van der Waals surface area contributed by atoms with Crippen molar-refractivity contribution in [2.24, 2.45) is 5.73 Å². The van der Waals surface area contributed by atoms with E-state index in [1.807, 2.05) is 41.8 Å². The van der Waals surface area contributed by atoms with E-state index in [2.05, 4.69) is 4.74 Å². The molecule has 0 aliphatic carbocycles. The minimum absolute atomic E-state index is 0.227. The van der Waals surface area contributed by atoms with Gasteiger partial charge in [0, 0.05) is 23.7 Å². The van der Waals surface area contributed by atoms with Crippen LogP contribution in [0.25, 0.3) is 10.9 Å². The minimum atomic E-state index is -0.996. The number of methoxy groups -OCH3 is 1. The lowest BCUT2D eigenvalue weighted by Gasteiger charge is -2.11. The van der Waals surface area contributed by atoms with Crippen LogP contribution in [0.2, 0.25) is 0 Å². The number of esters is 1. The SMILES string of the molecule is CCc1c(C(=O)C(N)=O)c2ccc(OCC(=O)OC)cc2n1Cc1ccccc1. The third kappa shape index (κ3) is 4.13. The molecular weight excluding hydrogens is 372 g/mol. The van der Waals surface area contributed by atoms with Gasteiger partial charge in [0.05, 0.1) is 18.2 Å². The Morgan fingerprint density at radius 2 is 1.79 bits per heavy atom. The molecule has 0 fully saturated rings. The van der Waals surface area contributed by atoms with Gasteiger partial charge in [0.25, 0.3) is 11.7 Å². The molecule has 2 N–H and O–H groups in total. The number of nitrogens with zero attached hydrogens (tertiary/aromatic N) is 1. The molecule has 0 radical (unpaired) electrons. The summed E-state index contributed by atoms with van der Waals surface area (Å²) in [5, 5.41) is 0.618. The molecule has 1 amide bonds. The highest BCUT2D eigenvalue weighted by Crippen LogP contribution is 2.31. The van der Waals surface area contributed by atoms with E-state index in [0.717, 1.165) is 16.8 Å². The Hall–Kier alpha value is -3.61. The second-order valence-corrected chi connectivity index (χ2v) is 6.48. The number of carbonyl (C=O) groups excluding carboxylic acids is 3. The maximum atomic E-state index is 12.6. The van der Waals surface area contributed by atoms with Gasteiger partial charge in [-0.1, -0.05) is 37.3 Å². The highest BCUT2D eigenvalue weighted by Gasteiger charge is 2.25. The highest BCUT2D eigenvalue weighted by molar-refractivity contribution is 6.45. The number of nitrogens with two attached hydrogens (primary N) is 1. The van der Waals surface area contributed by atoms with Crippen molar-refractivity contribution >= 4 is 28.6 Å². The Morgan fingerprint density at radius 1 is 1.07 bits per heavy atom. The van der Waals surface area contributed by atoms with Crippen molar-refractivity contribution in [3.05, 3.63) is 65.4 Å². The molecule has 3 aromatic rings. The van der Waals surface area contributed by atoms with Gasteiger partial charge in [-0.15, -0.1) is 0 Å². The van der Waals surface area contributed by atoms with E-state index >= 15 is 0 Å². The summed E-state index contributed by atoms with van der Waals surface area (Å²) in [7, 11) is 1.29. The third-order valence-corrected chi connectivity index (χ3v) is 4.70. The van der Waals surface area contributed by atoms with Gasteiger partial charge < -0.3 is 19.8 Å². The van der Waals surface area contributed by atoms with E-state index in [9.17, 15) is 14.4 Å². The van der Waals surface area contributed by atoms with Crippen molar-refractivity contribution in [1.82, 2.24) is 4.57 Å². The molecule has 2 aromatic carbocycles. The highest BCUT2D eigenvalue weighted by atomic mass is 16.6. The molecular formula is C22H22N2O5. The molecule has 0 atom stereocenters. The van der Waals surface area contributed by atoms with Gasteiger partial charge in [0.15, 0.2) is 6.61 Å². The van der Waals surface area contributed by atoms with Crippen LogP contribution < -0.4 is 10.5 Å². The Bertz CT molecular complexity index is 1070. The Morgan fingerprint density at radius 3 is 2.41 bits per heavy atom. The smallest absolute Gasteiger partial charge is 0.343 e. The number of amides is 1. The number of hydrogen-bond donors (Lipinski definition) is 1. The predicted octanol–water partition coefficient (Wildman–Crippen LogP) is 2.47. The fourth-order valence-electron chi connectivity index (χ4n) is 3.36. The van der Waals surface area contributed by atoms with E-state index in [1.165, 1.54) is 7.11 Å². The number of ketones is 1. The van der Waals surface area contributed by atoms with Crippen LogP contribution in [0.15, 0.2) is 48.5 Å². The molecule has 7 heteroatoms. The van der Waals surface area contributed by atoms with E-state index in [4.69, 9.17) is 10.5 Å². The lowest BCUT2D eigenvalue weighted by Crippen LogP contribution is -2.24. The van der Waals surface area contributed by atoms with Crippen LogP contribution in [0.3, 0.4) is 0 Å². The number of aromatic nitrogens is 1. The predicted molar refractivity (Wildman–Crippen MR) is 108 cm³/mol. The van der Waals surface area contributed by atoms with Crippen molar-refractivity contribution < 1.29 is 23.9 Å². The Labute approximate surface area is 168 Å². The molecule has 0 saturated carbocycles. The lowest BCUT2D eigenvalue weighted by molar-refractivity contribution is -0.142. The molecule has 29 heavy (non-hydrogen) atoms. The normalized spacial score (nSPS) is 10.7. The molecule has 0 spiro atoms. The van der Waals surface area contributed by atoms with E-state index in [1.54, 1.807) is 18.2 Å². The zero-order valence-corrected chi connectivity index (χ0v) is 16.3. The molecule has 0 aliphatic rings. The van der Waals surface area contributed by atoms with Crippen molar-refractivity contribution in [3.8, 4) is 5.75 Å². The number of carbonyl (C=O) groups is 3. The van der Waals surface area contributed by atoms with Gasteiger partial charge in [-0.05, 0) is 24.1 Å². The summed E-state index contributed by atoms with van der Waals surface area (Å²) >= 11 is 0. The summed E-state index contributed by atoms with van der Waals surface area (Å²) in [6.45, 7) is 2.20. The van der Waals surface area contributed by atoms with Crippen LogP contribution in [0.4, 0.5) is 0 Å². The summed E-state index contributed by atoms with van der Waals surface area (Å²) in [5.74, 6) is -1.76. The number of Topliss-reactive ketones (excluding diaryl/α,β-unsaturated/α-hetero) is 1. The summed E-state index contributed by atoms with van der Waals surface area (Å²) in [4.78, 5) is 35.6. The first kappa shape index (κ1) is 20.1. The number of rotatable bonds is 8. The fraction of sp³-hybridized carbons (Fsp3) is 0.227. The molecule has 1 aromatic heterocycles. The maximum Gasteiger partial charge on any atom is 0.343 e. The molecule has 3 rings (SSSR count). The molecule has 0 saturated heterocycles. The number of primary amides is 1. The Kier molecular flexibility index (Phi) is 5.97. The average molecular weight is 394 g/mol. The van der Waals surface area contributed by atoms with Crippen molar-refractivity contribution in [1.29, 1.82) is 0 Å². The molecule has 0 unspecified atom stereocenters. The molecule has 7 nitrogen and oxygen atoms in total. The van der Waals surface area contributed by atoms with Crippen LogP contribution in [0.5, 0.6) is 5.75 Å². The standard InChI is InChI=1S/C22H22N2O5/c1-3-17-20(21(26)22(23)27)16-10-9-15(29-13-19(25)28-2)11-18(16)24(17)12-14-7-5-4-6-8-14/h4-11H,3,12-13H2,1-2H3,(H2,23,27). The van der Waals surface area contributed by atoms with Crippen molar-refractivity contribution in [2.45, 2.75) is 19.9 Å². The van der Waals surface area contributed by atoms with Crippen LogP contribution >= 0.6 is 0 Å². The number of benzene rings is 2.